The number of methoxy groups -OCH3 is 2. The van der Waals surface area contributed by atoms with Gasteiger partial charge in [0.15, 0.2) is 0 Å². The zero-order valence-electron chi connectivity index (χ0n) is 14.2. The summed E-state index contributed by atoms with van der Waals surface area (Å²) in [7, 11) is -2.20. The molecule has 2 aromatic carbocycles. The third-order valence-electron chi connectivity index (χ3n) is 3.41. The summed E-state index contributed by atoms with van der Waals surface area (Å²) >= 11 is 0.552. The van der Waals surface area contributed by atoms with Crippen molar-refractivity contribution in [3.05, 3.63) is 47.5 Å². The maximum atomic E-state index is 11.9. The zero-order chi connectivity index (χ0) is 19.5. The molecule has 0 saturated carbocycles. The van der Waals surface area contributed by atoms with Crippen LogP contribution in [-0.2, 0) is 19.6 Å². The number of ether oxygens (including phenoxy) is 3. The summed E-state index contributed by atoms with van der Waals surface area (Å²) in [5.41, 5.74) is 0.0551. The van der Waals surface area contributed by atoms with Crippen molar-refractivity contribution in [3.63, 3.8) is 0 Å². The number of carbonyl (C=O) groups excluding carboxylic acids is 2. The molecule has 0 aliphatic carbocycles. The van der Waals surface area contributed by atoms with Gasteiger partial charge in [0, 0.05) is 0 Å². The molecule has 0 aliphatic heterocycles. The van der Waals surface area contributed by atoms with Gasteiger partial charge < -0.3 is 0 Å². The number of hydrogen-bond donors (Lipinski definition) is 1. The number of benzene rings is 2. The first-order valence-corrected chi connectivity index (χ1v) is 9.68. The van der Waals surface area contributed by atoms with E-state index in [4.69, 9.17) is 4.74 Å². The summed E-state index contributed by atoms with van der Waals surface area (Å²) in [6.07, 6.45) is 0. The molecule has 0 aromatic heterocycles. The fraction of sp³-hybridized carbons (Fsp3) is 0.125. The molecular formula is C16H13NaO8S. The quantitative estimate of drug-likeness (QED) is 0.460. The van der Waals surface area contributed by atoms with Crippen LogP contribution in [0.5, 0.6) is 11.5 Å². The molecule has 132 valence electrons. The zero-order valence-corrected chi connectivity index (χ0v) is 17.0. The molecule has 26 heavy (non-hydrogen) atoms. The van der Waals surface area contributed by atoms with Crippen molar-refractivity contribution < 1.29 is 36.8 Å². The van der Waals surface area contributed by atoms with Crippen LogP contribution < -0.4 is 7.55 Å². The molecule has 2 rings (SSSR count). The predicted molar refractivity (Wildman–Crippen MR) is 90.8 cm³/mol. The molecule has 0 amide bonds. The summed E-state index contributed by atoms with van der Waals surface area (Å²) in [6.45, 7) is 0. The minimum absolute atomic E-state index is 0.0311. The molecule has 2 aromatic rings. The summed E-state index contributed by atoms with van der Waals surface area (Å²) in [5, 5.41) is 0. The van der Waals surface area contributed by atoms with E-state index >= 15 is 0 Å². The Morgan fingerprint density at radius 2 is 1.62 bits per heavy atom. The van der Waals surface area contributed by atoms with Gasteiger partial charge in [-0.1, -0.05) is 0 Å². The molecule has 0 bridgehead atoms. The monoisotopic (exact) mass is 388 g/mol. The second kappa shape index (κ2) is 8.19. The molecule has 0 radical (unpaired) electrons. The second-order valence-corrected chi connectivity index (χ2v) is 7.77. The van der Waals surface area contributed by atoms with Gasteiger partial charge in [0.2, 0.25) is 0 Å². The van der Waals surface area contributed by atoms with Crippen molar-refractivity contribution in [1.82, 2.24) is 0 Å². The number of esters is 2. The fourth-order valence-corrected chi connectivity index (χ4v) is 3.51. The van der Waals surface area contributed by atoms with Crippen molar-refractivity contribution >= 4 is 52.8 Å². The minimum atomic E-state index is -4.56. The number of rotatable bonds is 5. The van der Waals surface area contributed by atoms with Gasteiger partial charge in [-0.3, -0.25) is 0 Å². The first-order chi connectivity index (χ1) is 12.2. The third kappa shape index (κ3) is 4.63. The molecule has 0 aliphatic rings. The Hall–Kier alpha value is -1.91. The van der Waals surface area contributed by atoms with Crippen LogP contribution in [0, 0.1) is 0 Å². The Balaban J connectivity index is 2.61. The van der Waals surface area contributed by atoms with Crippen LogP contribution in [0.2, 0.25) is 0 Å². The molecule has 0 unspecified atom stereocenters. The maximum absolute atomic E-state index is 11.9. The summed E-state index contributed by atoms with van der Waals surface area (Å²) < 4.78 is 48.2. The number of carbonyl (C=O) groups is 2. The van der Waals surface area contributed by atoms with E-state index < -0.39 is 27.0 Å². The van der Waals surface area contributed by atoms with E-state index in [0.717, 1.165) is 0 Å². The third-order valence-corrected chi connectivity index (χ3v) is 4.90. The van der Waals surface area contributed by atoms with Crippen LogP contribution in [0.1, 0.15) is 20.7 Å². The van der Waals surface area contributed by atoms with Crippen molar-refractivity contribution in [2.75, 3.05) is 14.2 Å². The van der Waals surface area contributed by atoms with E-state index in [1.54, 1.807) is 6.07 Å². The molecule has 0 saturated heterocycles. The van der Waals surface area contributed by atoms with Crippen molar-refractivity contribution in [2.24, 2.45) is 0 Å². The topological polar surface area (TPSA) is 116 Å². The van der Waals surface area contributed by atoms with E-state index in [2.05, 4.69) is 9.47 Å². The summed E-state index contributed by atoms with van der Waals surface area (Å²) in [6, 6.07) is 8.12. The SMILES string of the molecule is COC(=O)c1ccc(C(=O)OC)c(Oc2cc[c]([Na])cc2S(=O)(=O)O)c1. The van der Waals surface area contributed by atoms with Crippen molar-refractivity contribution in [1.29, 1.82) is 0 Å². The van der Waals surface area contributed by atoms with Crippen LogP contribution >= 0.6 is 0 Å². The van der Waals surface area contributed by atoms with E-state index in [0.29, 0.717) is 30.7 Å². The van der Waals surface area contributed by atoms with Gasteiger partial charge in [-0.25, -0.2) is 0 Å². The van der Waals surface area contributed by atoms with Crippen molar-refractivity contribution in [2.45, 2.75) is 4.90 Å². The van der Waals surface area contributed by atoms with Gasteiger partial charge in [-0.2, -0.15) is 0 Å². The Morgan fingerprint density at radius 3 is 2.19 bits per heavy atom. The Labute approximate surface area is 167 Å². The summed E-state index contributed by atoms with van der Waals surface area (Å²) in [4.78, 5) is 23.2. The second-order valence-electron chi connectivity index (χ2n) is 5.22. The summed E-state index contributed by atoms with van der Waals surface area (Å²) in [5.74, 6) is -1.73. The number of hydrogen-bond acceptors (Lipinski definition) is 7. The standard InChI is InChI=1S/C16H13O8S.Na/c1-22-15(17)10-7-8-11(16(18)23-2)13(9-10)24-12-5-3-4-6-14(12)25(19,20)21;/h3,5-9H,1-2H3,(H,19,20,21);. The first-order valence-electron chi connectivity index (χ1n) is 7.24. The van der Waals surface area contributed by atoms with Gasteiger partial charge >= 0.3 is 168 Å². The van der Waals surface area contributed by atoms with Crippen LogP contribution in [-0.4, -0.2) is 67.1 Å². The van der Waals surface area contributed by atoms with Crippen LogP contribution in [0.15, 0.2) is 41.3 Å². The Morgan fingerprint density at radius 1 is 0.962 bits per heavy atom. The average Bonchev–Trinajstić information content (AvgIpc) is 2.60. The average molecular weight is 388 g/mol. The molecule has 10 heteroatoms. The molecule has 0 fully saturated rings. The molecule has 0 atom stereocenters. The van der Waals surface area contributed by atoms with Gasteiger partial charge in [-0.05, 0) is 0 Å². The van der Waals surface area contributed by atoms with Crippen LogP contribution in [0.25, 0.3) is 0 Å². The molecule has 0 heterocycles. The molecule has 1 N–H and O–H groups in total. The fourth-order valence-electron chi connectivity index (χ4n) is 2.15. The molecular weight excluding hydrogens is 375 g/mol. The molecule has 0 spiro atoms. The van der Waals surface area contributed by atoms with Crippen LogP contribution in [0.4, 0.5) is 0 Å². The predicted octanol–water partition coefficient (Wildman–Crippen LogP) is 1.09. The van der Waals surface area contributed by atoms with Crippen LogP contribution in [0.3, 0.4) is 0 Å². The van der Waals surface area contributed by atoms with E-state index in [-0.39, 0.29) is 22.6 Å². The molecule has 8 nitrogen and oxygen atoms in total. The van der Waals surface area contributed by atoms with Gasteiger partial charge in [0.1, 0.15) is 0 Å². The van der Waals surface area contributed by atoms with Crippen molar-refractivity contribution in [3.8, 4) is 11.5 Å². The van der Waals surface area contributed by atoms with Gasteiger partial charge in [-0.15, -0.1) is 0 Å². The van der Waals surface area contributed by atoms with E-state index in [1.807, 2.05) is 0 Å². The normalized spacial score (nSPS) is 11.0. The Kier molecular flexibility index (Phi) is 6.43. The van der Waals surface area contributed by atoms with Gasteiger partial charge in [0.05, 0.1) is 0 Å². The van der Waals surface area contributed by atoms with Gasteiger partial charge in [0.25, 0.3) is 0 Å². The Bertz CT molecular complexity index is 968. The first kappa shape index (κ1) is 20.4. The van der Waals surface area contributed by atoms with E-state index in [9.17, 15) is 22.6 Å². The van der Waals surface area contributed by atoms with E-state index in [1.165, 1.54) is 44.6 Å².